The van der Waals surface area contributed by atoms with Crippen molar-refractivity contribution < 1.29 is 9.18 Å². The molecule has 4 heteroatoms. The van der Waals surface area contributed by atoms with Gasteiger partial charge in [0.15, 0.2) is 0 Å². The molecule has 1 heterocycles. The first-order valence-corrected chi connectivity index (χ1v) is 6.61. The summed E-state index contributed by atoms with van der Waals surface area (Å²) in [4.78, 5) is 15.4. The van der Waals surface area contributed by atoms with E-state index in [2.05, 4.69) is 17.2 Å². The normalized spacial score (nSPS) is 23.7. The third-order valence-electron chi connectivity index (χ3n) is 3.68. The van der Waals surface area contributed by atoms with Crippen LogP contribution in [0.25, 0.3) is 0 Å². The topological polar surface area (TPSA) is 42.0 Å². The Morgan fingerprint density at radius 2 is 2.39 bits per heavy atom. The van der Waals surface area contributed by atoms with Gasteiger partial charge in [-0.3, -0.25) is 4.79 Å². The molecule has 0 aliphatic heterocycles. The zero-order valence-electron chi connectivity index (χ0n) is 10.7. The molecule has 0 saturated heterocycles. The zero-order valence-corrected chi connectivity index (χ0v) is 10.7. The molecule has 1 aromatic rings. The summed E-state index contributed by atoms with van der Waals surface area (Å²) in [5.74, 6) is -0.103. The van der Waals surface area contributed by atoms with Crippen molar-refractivity contribution in [3.05, 3.63) is 29.8 Å². The monoisotopic (exact) mass is 250 g/mol. The number of nitrogens with zero attached hydrogens (tertiary/aromatic N) is 1. The summed E-state index contributed by atoms with van der Waals surface area (Å²) in [6.07, 6.45) is 6.96. The minimum atomic E-state index is -0.613. The van der Waals surface area contributed by atoms with Crippen LogP contribution in [0.2, 0.25) is 0 Å². The maximum Gasteiger partial charge on any atom is 0.251 e. The van der Waals surface area contributed by atoms with Crippen molar-refractivity contribution >= 4 is 5.91 Å². The van der Waals surface area contributed by atoms with Crippen LogP contribution in [-0.4, -0.2) is 16.9 Å². The Balaban J connectivity index is 1.95. The number of nitrogens with one attached hydrogen (secondary N) is 1. The number of hydrogen-bond acceptors (Lipinski definition) is 2. The summed E-state index contributed by atoms with van der Waals surface area (Å²) < 4.78 is 12.9. The van der Waals surface area contributed by atoms with Gasteiger partial charge in [0.2, 0.25) is 5.95 Å². The molecule has 1 aliphatic rings. The second-order valence-corrected chi connectivity index (χ2v) is 4.98. The third kappa shape index (κ3) is 3.28. The number of carbonyl (C=O) groups excluding carboxylic acids is 1. The average molecular weight is 250 g/mol. The van der Waals surface area contributed by atoms with Crippen LogP contribution in [0.1, 0.15) is 49.4 Å². The molecule has 2 unspecified atom stereocenters. The van der Waals surface area contributed by atoms with E-state index in [1.165, 1.54) is 18.7 Å². The van der Waals surface area contributed by atoms with Crippen molar-refractivity contribution in [1.29, 1.82) is 0 Å². The summed E-state index contributed by atoms with van der Waals surface area (Å²) in [6.45, 7) is 2.19. The molecule has 0 aromatic carbocycles. The van der Waals surface area contributed by atoms with Crippen molar-refractivity contribution in [2.45, 2.75) is 45.1 Å². The first-order chi connectivity index (χ1) is 8.69. The van der Waals surface area contributed by atoms with E-state index in [9.17, 15) is 9.18 Å². The van der Waals surface area contributed by atoms with Gasteiger partial charge in [-0.15, -0.1) is 0 Å². The molecular formula is C14H19FN2O. The van der Waals surface area contributed by atoms with Crippen molar-refractivity contribution in [3.63, 3.8) is 0 Å². The summed E-state index contributed by atoms with van der Waals surface area (Å²) >= 11 is 0. The molecule has 1 aliphatic carbocycles. The van der Waals surface area contributed by atoms with Crippen LogP contribution in [0.15, 0.2) is 18.3 Å². The van der Waals surface area contributed by atoms with Crippen LogP contribution >= 0.6 is 0 Å². The number of carbonyl (C=O) groups is 1. The Morgan fingerprint density at radius 3 is 3.11 bits per heavy atom. The van der Waals surface area contributed by atoms with E-state index in [1.807, 2.05) is 0 Å². The molecule has 0 bridgehead atoms. The van der Waals surface area contributed by atoms with Crippen LogP contribution in [0.3, 0.4) is 0 Å². The highest BCUT2D eigenvalue weighted by Gasteiger charge is 2.22. The van der Waals surface area contributed by atoms with Gasteiger partial charge < -0.3 is 5.32 Å². The van der Waals surface area contributed by atoms with E-state index in [-0.39, 0.29) is 11.9 Å². The summed E-state index contributed by atoms with van der Waals surface area (Å²) in [7, 11) is 0. The molecule has 1 saturated carbocycles. The SMILES string of the molecule is CCC1CCCC(NC(=O)c2ccnc(F)c2)C1. The fourth-order valence-corrected chi connectivity index (χ4v) is 2.61. The lowest BCUT2D eigenvalue weighted by Gasteiger charge is -2.29. The molecule has 1 aromatic heterocycles. The molecule has 3 nitrogen and oxygen atoms in total. The number of halogens is 1. The average Bonchev–Trinajstić information content (AvgIpc) is 2.39. The molecule has 1 amide bonds. The number of aromatic nitrogens is 1. The van der Waals surface area contributed by atoms with E-state index in [0.29, 0.717) is 11.5 Å². The van der Waals surface area contributed by atoms with Crippen LogP contribution in [-0.2, 0) is 0 Å². The Bertz CT molecular complexity index is 422. The highest BCUT2D eigenvalue weighted by Crippen LogP contribution is 2.26. The van der Waals surface area contributed by atoms with Crippen LogP contribution in [0, 0.1) is 11.9 Å². The first-order valence-electron chi connectivity index (χ1n) is 6.61. The quantitative estimate of drug-likeness (QED) is 0.838. The fraction of sp³-hybridized carbons (Fsp3) is 0.571. The van der Waals surface area contributed by atoms with Crippen molar-refractivity contribution in [1.82, 2.24) is 10.3 Å². The molecule has 18 heavy (non-hydrogen) atoms. The zero-order chi connectivity index (χ0) is 13.0. The number of hydrogen-bond donors (Lipinski definition) is 1. The Morgan fingerprint density at radius 1 is 1.56 bits per heavy atom. The van der Waals surface area contributed by atoms with Crippen LogP contribution in [0.4, 0.5) is 4.39 Å². The van der Waals surface area contributed by atoms with Gasteiger partial charge in [-0.05, 0) is 24.8 Å². The number of rotatable bonds is 3. The maximum atomic E-state index is 12.9. The molecule has 0 radical (unpaired) electrons. The van der Waals surface area contributed by atoms with E-state index in [0.717, 1.165) is 25.7 Å². The Hall–Kier alpha value is -1.45. The smallest absolute Gasteiger partial charge is 0.251 e. The summed E-state index contributed by atoms with van der Waals surface area (Å²) in [6, 6.07) is 2.95. The van der Waals surface area contributed by atoms with E-state index >= 15 is 0 Å². The van der Waals surface area contributed by atoms with Crippen molar-refractivity contribution in [3.8, 4) is 0 Å². The van der Waals surface area contributed by atoms with Gasteiger partial charge in [-0.2, -0.15) is 4.39 Å². The molecule has 2 rings (SSSR count). The van der Waals surface area contributed by atoms with Gasteiger partial charge in [-0.1, -0.05) is 26.2 Å². The number of amides is 1. The van der Waals surface area contributed by atoms with Crippen LogP contribution in [0.5, 0.6) is 0 Å². The molecule has 98 valence electrons. The second-order valence-electron chi connectivity index (χ2n) is 4.98. The largest absolute Gasteiger partial charge is 0.349 e. The minimum Gasteiger partial charge on any atom is -0.349 e. The summed E-state index contributed by atoms with van der Waals surface area (Å²) in [5.41, 5.74) is 0.348. The van der Waals surface area contributed by atoms with E-state index in [4.69, 9.17) is 0 Å². The minimum absolute atomic E-state index is 0.196. The van der Waals surface area contributed by atoms with Gasteiger partial charge >= 0.3 is 0 Å². The molecule has 2 atom stereocenters. The standard InChI is InChI=1S/C14H19FN2O/c1-2-10-4-3-5-12(8-10)17-14(18)11-6-7-16-13(15)9-11/h6-7,9-10,12H,2-5,8H2,1H3,(H,17,18). The molecule has 0 spiro atoms. The molecule has 1 fully saturated rings. The van der Waals surface area contributed by atoms with Gasteiger partial charge in [0.1, 0.15) is 0 Å². The van der Waals surface area contributed by atoms with Crippen molar-refractivity contribution in [2.24, 2.45) is 5.92 Å². The van der Waals surface area contributed by atoms with Gasteiger partial charge in [-0.25, -0.2) is 4.98 Å². The lowest BCUT2D eigenvalue weighted by molar-refractivity contribution is 0.0918. The van der Waals surface area contributed by atoms with E-state index < -0.39 is 5.95 Å². The fourth-order valence-electron chi connectivity index (χ4n) is 2.61. The Kier molecular flexibility index (Phi) is 4.28. The second kappa shape index (κ2) is 5.94. The first kappa shape index (κ1) is 13.0. The maximum absolute atomic E-state index is 12.9. The molecular weight excluding hydrogens is 231 g/mol. The lowest BCUT2D eigenvalue weighted by Crippen LogP contribution is -2.38. The van der Waals surface area contributed by atoms with Crippen LogP contribution < -0.4 is 5.32 Å². The third-order valence-corrected chi connectivity index (χ3v) is 3.68. The Labute approximate surface area is 107 Å². The van der Waals surface area contributed by atoms with Gasteiger partial charge in [0.25, 0.3) is 5.91 Å². The van der Waals surface area contributed by atoms with Gasteiger partial charge in [0.05, 0.1) is 0 Å². The van der Waals surface area contributed by atoms with E-state index in [1.54, 1.807) is 6.07 Å². The van der Waals surface area contributed by atoms with Gasteiger partial charge in [0, 0.05) is 23.9 Å². The lowest BCUT2D eigenvalue weighted by atomic mass is 9.84. The highest BCUT2D eigenvalue weighted by atomic mass is 19.1. The summed E-state index contributed by atoms with van der Waals surface area (Å²) in [5, 5.41) is 2.99. The highest BCUT2D eigenvalue weighted by molar-refractivity contribution is 5.94. The predicted octanol–water partition coefficient (Wildman–Crippen LogP) is 2.92. The molecule has 1 N–H and O–H groups in total. The number of pyridine rings is 1. The van der Waals surface area contributed by atoms with Crippen molar-refractivity contribution in [2.75, 3.05) is 0 Å². The predicted molar refractivity (Wildman–Crippen MR) is 67.7 cm³/mol.